The number of anilines is 1. The fraction of sp³-hybridized carbons (Fsp3) is 0.469. The molecule has 1 aliphatic carbocycles. The Bertz CT molecular complexity index is 1660. The maximum absolute atomic E-state index is 10.7. The second-order valence-electron chi connectivity index (χ2n) is 12.5. The molecular weight excluding hydrogens is 557 g/mol. The number of rotatable bonds is 5. The van der Waals surface area contributed by atoms with Gasteiger partial charge in [0.15, 0.2) is 5.82 Å². The fourth-order valence-electron chi connectivity index (χ4n) is 8.05. The highest BCUT2D eigenvalue weighted by Gasteiger charge is 2.45. The van der Waals surface area contributed by atoms with Gasteiger partial charge in [0.05, 0.1) is 21.5 Å². The van der Waals surface area contributed by atoms with Crippen molar-refractivity contribution < 1.29 is 9.84 Å². The number of phenolic OH excluding ortho intramolecular Hbond substituents is 1. The molecule has 4 aliphatic rings. The Morgan fingerprint density at radius 1 is 1.00 bits per heavy atom. The molecule has 3 aliphatic heterocycles. The molecule has 2 aromatic carbocycles. The predicted octanol–water partition coefficient (Wildman–Crippen LogP) is 7.10. The summed E-state index contributed by atoms with van der Waals surface area (Å²) in [6.07, 6.45) is 10.6. The van der Waals surface area contributed by atoms with E-state index in [1.807, 2.05) is 30.5 Å². The molecule has 41 heavy (non-hydrogen) atoms. The number of hydrogen-bond donors (Lipinski definition) is 1. The Morgan fingerprint density at radius 3 is 2.56 bits per heavy atom. The third-order valence-corrected chi connectivity index (χ3v) is 10.7. The molecule has 0 spiro atoms. The van der Waals surface area contributed by atoms with Crippen molar-refractivity contribution in [1.82, 2.24) is 19.9 Å². The highest BCUT2D eigenvalue weighted by molar-refractivity contribution is 6.41. The van der Waals surface area contributed by atoms with Gasteiger partial charge in [-0.3, -0.25) is 4.90 Å². The lowest BCUT2D eigenvalue weighted by Gasteiger charge is -2.34. The summed E-state index contributed by atoms with van der Waals surface area (Å²) in [5.74, 6) is 3.40. The van der Waals surface area contributed by atoms with E-state index >= 15 is 0 Å². The summed E-state index contributed by atoms with van der Waals surface area (Å²) in [4.78, 5) is 20.0. The van der Waals surface area contributed by atoms with Gasteiger partial charge in [0, 0.05) is 46.7 Å². The van der Waals surface area contributed by atoms with Crippen molar-refractivity contribution >= 4 is 50.7 Å². The lowest BCUT2D eigenvalue weighted by atomic mass is 9.95. The Labute approximate surface area is 249 Å². The van der Waals surface area contributed by atoms with E-state index in [0.717, 1.165) is 48.3 Å². The van der Waals surface area contributed by atoms with Crippen LogP contribution in [0.5, 0.6) is 11.6 Å². The van der Waals surface area contributed by atoms with Crippen molar-refractivity contribution in [3.8, 4) is 23.0 Å². The van der Waals surface area contributed by atoms with Crippen LogP contribution in [0, 0.1) is 11.8 Å². The molecule has 3 saturated heterocycles. The Kier molecular flexibility index (Phi) is 6.20. The summed E-state index contributed by atoms with van der Waals surface area (Å²) in [5.41, 5.74) is 1.54. The molecule has 212 valence electrons. The number of halogens is 2. The number of aromatic nitrogens is 3. The number of hydrogen-bond acceptors (Lipinski definition) is 7. The minimum atomic E-state index is -0.0275. The standard InChI is InChI=1S/C32H33Cl2N5O2/c33-24-5-1-4-21-28(24)22(13-26(40)29(21)34)30-35-15-23-25(36-30)14-27(41-18-32-8-2-10-39(32)11-3-9-32)37-31(23)38-16-19-6-7-20(12-19)17-38/h1,4-5,13-15,19-20,40H,2-3,6-12,16-18H2. The monoisotopic (exact) mass is 589 g/mol. The summed E-state index contributed by atoms with van der Waals surface area (Å²) in [7, 11) is 0. The lowest BCUT2D eigenvalue weighted by molar-refractivity contribution is 0.111. The molecule has 2 unspecified atom stereocenters. The number of aromatic hydroxyl groups is 1. The number of nitrogens with zero attached hydrogens (tertiary/aromatic N) is 5. The smallest absolute Gasteiger partial charge is 0.217 e. The van der Waals surface area contributed by atoms with E-state index in [9.17, 15) is 5.11 Å². The molecule has 1 saturated carbocycles. The van der Waals surface area contributed by atoms with E-state index in [2.05, 4.69) is 9.80 Å². The van der Waals surface area contributed by atoms with E-state index in [1.165, 1.54) is 44.9 Å². The molecule has 2 aromatic heterocycles. The van der Waals surface area contributed by atoms with Crippen LogP contribution in [0.15, 0.2) is 36.5 Å². The largest absolute Gasteiger partial charge is 0.506 e. The number of piperidine rings is 1. The van der Waals surface area contributed by atoms with Crippen LogP contribution < -0.4 is 9.64 Å². The summed E-state index contributed by atoms with van der Waals surface area (Å²) in [6, 6.07) is 9.04. The van der Waals surface area contributed by atoms with Gasteiger partial charge in [-0.05, 0) is 82.0 Å². The van der Waals surface area contributed by atoms with Crippen LogP contribution >= 0.6 is 23.2 Å². The first-order valence-electron chi connectivity index (χ1n) is 14.9. The highest BCUT2D eigenvalue weighted by atomic mass is 35.5. The van der Waals surface area contributed by atoms with Gasteiger partial charge >= 0.3 is 0 Å². The maximum Gasteiger partial charge on any atom is 0.217 e. The normalized spacial score (nSPS) is 23.5. The summed E-state index contributed by atoms with van der Waals surface area (Å²) >= 11 is 13.1. The first kappa shape index (κ1) is 25.8. The van der Waals surface area contributed by atoms with Gasteiger partial charge in [-0.15, -0.1) is 0 Å². The number of phenols is 1. The molecule has 4 aromatic rings. The summed E-state index contributed by atoms with van der Waals surface area (Å²) in [6.45, 7) is 4.99. The second kappa shape index (κ2) is 9.85. The predicted molar refractivity (Wildman–Crippen MR) is 163 cm³/mol. The Hall–Kier alpha value is -2.87. The topological polar surface area (TPSA) is 74.6 Å². The molecule has 7 nitrogen and oxygen atoms in total. The molecule has 2 bridgehead atoms. The number of fused-ring (bicyclic) bond motifs is 5. The van der Waals surface area contributed by atoms with E-state index < -0.39 is 0 Å². The summed E-state index contributed by atoms with van der Waals surface area (Å²) < 4.78 is 6.55. The molecule has 5 heterocycles. The quantitative estimate of drug-likeness (QED) is 0.266. The van der Waals surface area contributed by atoms with Gasteiger partial charge in [-0.2, -0.15) is 4.98 Å². The number of benzene rings is 2. The van der Waals surface area contributed by atoms with Gasteiger partial charge in [-0.25, -0.2) is 9.97 Å². The van der Waals surface area contributed by atoms with Gasteiger partial charge in [0.25, 0.3) is 0 Å². The Morgan fingerprint density at radius 2 is 1.78 bits per heavy atom. The van der Waals surface area contributed by atoms with Crippen LogP contribution in [0.4, 0.5) is 5.82 Å². The molecule has 0 amide bonds. The van der Waals surface area contributed by atoms with E-state index in [-0.39, 0.29) is 16.3 Å². The average molecular weight is 591 g/mol. The third-order valence-electron chi connectivity index (χ3n) is 10.0. The van der Waals surface area contributed by atoms with Crippen LogP contribution in [-0.2, 0) is 0 Å². The Balaban J connectivity index is 1.24. The molecule has 8 rings (SSSR count). The number of pyridine rings is 1. The molecule has 1 N–H and O–H groups in total. The zero-order chi connectivity index (χ0) is 27.7. The van der Waals surface area contributed by atoms with Crippen molar-refractivity contribution in [1.29, 1.82) is 0 Å². The number of ether oxygens (including phenoxy) is 1. The van der Waals surface area contributed by atoms with Crippen LogP contribution in [0.2, 0.25) is 10.0 Å². The van der Waals surface area contributed by atoms with Crippen LogP contribution in [0.1, 0.15) is 44.9 Å². The van der Waals surface area contributed by atoms with Gasteiger partial charge in [0.2, 0.25) is 5.88 Å². The zero-order valence-electron chi connectivity index (χ0n) is 23.0. The van der Waals surface area contributed by atoms with Gasteiger partial charge < -0.3 is 14.7 Å². The minimum Gasteiger partial charge on any atom is -0.506 e. The molecule has 2 atom stereocenters. The van der Waals surface area contributed by atoms with E-state index in [1.54, 1.807) is 6.07 Å². The molecule has 9 heteroatoms. The van der Waals surface area contributed by atoms with Crippen molar-refractivity contribution in [2.45, 2.75) is 50.5 Å². The van der Waals surface area contributed by atoms with E-state index in [4.69, 9.17) is 42.9 Å². The second-order valence-corrected chi connectivity index (χ2v) is 13.3. The van der Waals surface area contributed by atoms with Crippen molar-refractivity contribution in [3.63, 3.8) is 0 Å². The van der Waals surface area contributed by atoms with Crippen molar-refractivity contribution in [2.75, 3.05) is 37.7 Å². The van der Waals surface area contributed by atoms with Gasteiger partial charge in [0.1, 0.15) is 18.2 Å². The minimum absolute atomic E-state index is 0.0275. The first-order valence-corrected chi connectivity index (χ1v) is 15.6. The van der Waals surface area contributed by atoms with E-state index in [0.29, 0.717) is 46.1 Å². The lowest BCUT2D eigenvalue weighted by Crippen LogP contribution is -2.43. The van der Waals surface area contributed by atoms with Crippen molar-refractivity contribution in [2.24, 2.45) is 11.8 Å². The third kappa shape index (κ3) is 4.31. The molecular formula is C32H33Cl2N5O2. The SMILES string of the molecule is Oc1cc(-c2ncc3c(N4CC5CCC(C5)C4)nc(OCC45CCCN4CCC5)cc3n2)c2c(Cl)cccc2c1Cl. The molecule has 0 radical (unpaired) electrons. The van der Waals surface area contributed by atoms with Crippen LogP contribution in [0.3, 0.4) is 0 Å². The maximum atomic E-state index is 10.7. The van der Waals surface area contributed by atoms with Crippen LogP contribution in [0.25, 0.3) is 33.1 Å². The van der Waals surface area contributed by atoms with Crippen molar-refractivity contribution in [3.05, 3.63) is 46.6 Å². The summed E-state index contributed by atoms with van der Waals surface area (Å²) in [5, 5.41) is 13.7. The molecule has 4 fully saturated rings. The zero-order valence-corrected chi connectivity index (χ0v) is 24.5. The fourth-order valence-corrected chi connectivity index (χ4v) is 8.54. The average Bonchev–Trinajstić information content (AvgIpc) is 3.66. The van der Waals surface area contributed by atoms with Gasteiger partial charge in [-0.1, -0.05) is 35.3 Å². The first-order chi connectivity index (χ1) is 20.0. The van der Waals surface area contributed by atoms with Crippen LogP contribution in [-0.4, -0.2) is 63.3 Å². The highest BCUT2D eigenvalue weighted by Crippen LogP contribution is 2.44.